The molecule has 2 heterocycles. The van der Waals surface area contributed by atoms with Gasteiger partial charge in [0.25, 0.3) is 0 Å². The number of allylic oxidation sites excluding steroid dienone is 1. The molecule has 0 amide bonds. The van der Waals surface area contributed by atoms with Crippen LogP contribution in [0.3, 0.4) is 0 Å². The number of ether oxygens (including phenoxy) is 4. The minimum absolute atomic E-state index is 0.00831. The fourth-order valence-corrected chi connectivity index (χ4v) is 12.3. The molecule has 6 rings (SSSR count). The maximum atomic E-state index is 12.2. The number of epoxide rings is 1. The van der Waals surface area contributed by atoms with Gasteiger partial charge in [-0.15, -0.1) is 0 Å². The summed E-state index contributed by atoms with van der Waals surface area (Å²) in [6.07, 6.45) is -1.64. The first kappa shape index (κ1) is 36.1. The molecule has 47 heavy (non-hydrogen) atoms. The van der Waals surface area contributed by atoms with Crippen molar-refractivity contribution in [1.29, 1.82) is 0 Å². The number of aliphatic hydroxyl groups excluding tert-OH is 6. The molecule has 0 spiro atoms. The van der Waals surface area contributed by atoms with E-state index in [4.69, 9.17) is 18.9 Å². The standard InChI is InChI=1S/C37H62O10/c1-18(14-21(44-9)31-34(4,5)47-31)19-10-13-36(7)26(19)20(39)15-24-35(6)12-11-25(40)33(2,3)30(35)22(16-37(24,36)8)45-32-29(43)28(42)27(41)23(17-38)46-32/h14,19-32,38-43H,10-13,15-17H2,1-9H3/b18-14+/t19-,20-,21+,22+,23-,24-,25+,26+,27-,28+,29-,30+,31+,32-,35-,36-,37-/m1/s1. The van der Waals surface area contributed by atoms with Gasteiger partial charge in [-0.2, -0.15) is 0 Å². The largest absolute Gasteiger partial charge is 0.394 e. The molecule has 0 aromatic carbocycles. The van der Waals surface area contributed by atoms with Crippen LogP contribution in [0.15, 0.2) is 11.6 Å². The molecule has 6 N–H and O–H groups in total. The number of fused-ring (bicyclic) bond motifs is 5. The van der Waals surface area contributed by atoms with Crippen LogP contribution in [0.5, 0.6) is 0 Å². The highest BCUT2D eigenvalue weighted by Gasteiger charge is 2.73. The van der Waals surface area contributed by atoms with Gasteiger partial charge in [0.05, 0.1) is 30.5 Å². The predicted molar refractivity (Wildman–Crippen MR) is 174 cm³/mol. The van der Waals surface area contributed by atoms with Crippen LogP contribution < -0.4 is 0 Å². The lowest BCUT2D eigenvalue weighted by molar-refractivity contribution is -0.346. The molecule has 0 radical (unpaired) electrons. The van der Waals surface area contributed by atoms with E-state index in [0.29, 0.717) is 19.3 Å². The van der Waals surface area contributed by atoms with Gasteiger partial charge in [-0.05, 0) is 105 Å². The molecule has 2 saturated heterocycles. The summed E-state index contributed by atoms with van der Waals surface area (Å²) < 4.78 is 24.5. The normalized spacial score (nSPS) is 54.3. The summed E-state index contributed by atoms with van der Waals surface area (Å²) in [4.78, 5) is 0. The van der Waals surface area contributed by atoms with Crippen molar-refractivity contribution in [3.63, 3.8) is 0 Å². The maximum absolute atomic E-state index is 12.2. The van der Waals surface area contributed by atoms with Crippen LogP contribution in [-0.4, -0.2) is 111 Å². The van der Waals surface area contributed by atoms with Crippen molar-refractivity contribution >= 4 is 0 Å². The van der Waals surface area contributed by atoms with E-state index in [9.17, 15) is 30.6 Å². The Hall–Kier alpha value is -0.660. The molecule has 2 aliphatic heterocycles. The van der Waals surface area contributed by atoms with E-state index in [2.05, 4.69) is 61.5 Å². The zero-order chi connectivity index (χ0) is 34.6. The minimum Gasteiger partial charge on any atom is -0.394 e. The van der Waals surface area contributed by atoms with Gasteiger partial charge in [0.2, 0.25) is 0 Å². The van der Waals surface area contributed by atoms with Crippen LogP contribution in [0.4, 0.5) is 0 Å². The zero-order valence-electron chi connectivity index (χ0n) is 29.9. The van der Waals surface area contributed by atoms with Crippen molar-refractivity contribution in [1.82, 2.24) is 0 Å². The molecule has 0 bridgehead atoms. The average Bonchev–Trinajstić information content (AvgIpc) is 3.46. The van der Waals surface area contributed by atoms with E-state index in [1.165, 1.54) is 5.57 Å². The Morgan fingerprint density at radius 1 is 0.915 bits per heavy atom. The molecule has 10 nitrogen and oxygen atoms in total. The van der Waals surface area contributed by atoms with Crippen molar-refractivity contribution < 1.29 is 49.6 Å². The number of rotatable bonds is 7. The van der Waals surface area contributed by atoms with Crippen LogP contribution in [0.25, 0.3) is 0 Å². The topological polar surface area (TPSA) is 162 Å². The summed E-state index contributed by atoms with van der Waals surface area (Å²) >= 11 is 0. The molecule has 6 fully saturated rings. The highest BCUT2D eigenvalue weighted by atomic mass is 16.7. The first-order valence-corrected chi connectivity index (χ1v) is 18.0. The fourth-order valence-electron chi connectivity index (χ4n) is 12.3. The summed E-state index contributed by atoms with van der Waals surface area (Å²) in [5.74, 6) is 0.237. The van der Waals surface area contributed by atoms with E-state index < -0.39 is 61.0 Å². The molecule has 17 atom stereocenters. The zero-order valence-corrected chi connectivity index (χ0v) is 29.9. The molecule has 270 valence electrons. The van der Waals surface area contributed by atoms with Gasteiger partial charge in [-0.1, -0.05) is 46.3 Å². The molecule has 0 aromatic rings. The van der Waals surface area contributed by atoms with Crippen molar-refractivity contribution in [2.45, 2.75) is 161 Å². The number of hydrogen-bond acceptors (Lipinski definition) is 10. The Morgan fingerprint density at radius 2 is 1.57 bits per heavy atom. The number of methoxy groups -OCH3 is 1. The summed E-state index contributed by atoms with van der Waals surface area (Å²) in [5, 5.41) is 65.6. The summed E-state index contributed by atoms with van der Waals surface area (Å²) in [7, 11) is 1.73. The van der Waals surface area contributed by atoms with Gasteiger partial charge in [0.15, 0.2) is 6.29 Å². The molecule has 6 aliphatic rings. The molecule has 4 aliphatic carbocycles. The number of hydrogen-bond donors (Lipinski definition) is 6. The predicted octanol–water partition coefficient (Wildman–Crippen LogP) is 2.94. The van der Waals surface area contributed by atoms with Crippen molar-refractivity contribution in [3.8, 4) is 0 Å². The third-order valence-corrected chi connectivity index (χ3v) is 15.0. The summed E-state index contributed by atoms with van der Waals surface area (Å²) in [6, 6.07) is 0. The Kier molecular flexibility index (Phi) is 9.20. The van der Waals surface area contributed by atoms with Crippen molar-refractivity contribution in [2.75, 3.05) is 13.7 Å². The Morgan fingerprint density at radius 3 is 2.17 bits per heavy atom. The second-order valence-corrected chi connectivity index (χ2v) is 18.0. The SMILES string of the molecule is CO[C@@H](/C=C(\C)[C@H]1CC[C@]2(C)[C@@H]1[C@H](O)C[C@@H]1[C@@]3(C)CC[C@H](O)C(C)(C)[C@@H]3[C@@H](O[C@@H]3O[C@H](CO)[C@@H](O)[C@H](O)[C@H]3O)C[C@]12C)[C@@H]1OC1(C)C. The molecule has 0 aromatic heterocycles. The van der Waals surface area contributed by atoms with Crippen LogP contribution in [0, 0.1) is 45.3 Å². The Labute approximate surface area is 280 Å². The Balaban J connectivity index is 1.37. The van der Waals surface area contributed by atoms with E-state index >= 15 is 0 Å². The van der Waals surface area contributed by atoms with Crippen LogP contribution >= 0.6 is 0 Å². The lowest BCUT2D eigenvalue weighted by Gasteiger charge is -2.72. The lowest BCUT2D eigenvalue weighted by Crippen LogP contribution is -2.70. The first-order chi connectivity index (χ1) is 21.8. The molecular weight excluding hydrogens is 604 g/mol. The molecular formula is C37H62O10. The van der Waals surface area contributed by atoms with E-state index in [0.717, 1.165) is 19.3 Å². The van der Waals surface area contributed by atoms with Crippen LogP contribution in [0.1, 0.15) is 93.9 Å². The monoisotopic (exact) mass is 666 g/mol. The van der Waals surface area contributed by atoms with Gasteiger partial charge in [-0.25, -0.2) is 0 Å². The highest BCUT2D eigenvalue weighted by Crippen LogP contribution is 2.76. The van der Waals surface area contributed by atoms with Crippen LogP contribution in [0.2, 0.25) is 0 Å². The average molecular weight is 667 g/mol. The first-order valence-electron chi connectivity index (χ1n) is 18.0. The van der Waals surface area contributed by atoms with E-state index in [1.807, 2.05) is 0 Å². The smallest absolute Gasteiger partial charge is 0.186 e. The second-order valence-electron chi connectivity index (χ2n) is 18.0. The van der Waals surface area contributed by atoms with Gasteiger partial charge in [-0.3, -0.25) is 0 Å². The summed E-state index contributed by atoms with van der Waals surface area (Å²) in [6.45, 7) is 17.0. The molecule has 4 saturated carbocycles. The lowest BCUT2D eigenvalue weighted by atomic mass is 9.34. The van der Waals surface area contributed by atoms with Gasteiger partial charge in [0.1, 0.15) is 36.6 Å². The van der Waals surface area contributed by atoms with Crippen molar-refractivity contribution in [2.24, 2.45) is 45.3 Å². The quantitative estimate of drug-likeness (QED) is 0.135. The maximum Gasteiger partial charge on any atom is 0.186 e. The number of aliphatic hydroxyl groups is 6. The van der Waals surface area contributed by atoms with Gasteiger partial charge >= 0.3 is 0 Å². The van der Waals surface area contributed by atoms with E-state index in [-0.39, 0.29) is 57.7 Å². The third-order valence-electron chi connectivity index (χ3n) is 15.0. The van der Waals surface area contributed by atoms with Gasteiger partial charge < -0.3 is 49.6 Å². The molecule has 10 heteroatoms. The van der Waals surface area contributed by atoms with Crippen molar-refractivity contribution in [3.05, 3.63) is 11.6 Å². The van der Waals surface area contributed by atoms with Crippen LogP contribution in [-0.2, 0) is 18.9 Å². The second kappa shape index (κ2) is 12.0. The minimum atomic E-state index is -1.53. The van der Waals surface area contributed by atoms with Gasteiger partial charge in [0, 0.05) is 7.11 Å². The molecule has 0 unspecified atom stereocenters. The Bertz CT molecular complexity index is 1200. The third kappa shape index (κ3) is 5.34. The van der Waals surface area contributed by atoms with E-state index in [1.54, 1.807) is 7.11 Å². The summed E-state index contributed by atoms with van der Waals surface area (Å²) in [5.41, 5.74) is -0.328. The fraction of sp³-hybridized carbons (Fsp3) is 0.946. The highest BCUT2D eigenvalue weighted by molar-refractivity contribution is 5.25.